The van der Waals surface area contributed by atoms with Crippen molar-refractivity contribution in [3.63, 3.8) is 0 Å². The molecule has 0 amide bonds. The highest BCUT2D eigenvalue weighted by molar-refractivity contribution is 7.99. The maximum Gasteiger partial charge on any atom is 0.198 e. The SMILES string of the molecule is COc1c(Cl)ncnc1NC1CCCC1SC. The van der Waals surface area contributed by atoms with Crippen molar-refractivity contribution in [2.45, 2.75) is 30.6 Å². The van der Waals surface area contributed by atoms with E-state index in [2.05, 4.69) is 21.5 Å². The van der Waals surface area contributed by atoms with E-state index in [0.717, 1.165) is 6.42 Å². The Balaban J connectivity index is 2.15. The van der Waals surface area contributed by atoms with Crippen LogP contribution in [0.3, 0.4) is 0 Å². The van der Waals surface area contributed by atoms with Gasteiger partial charge in [0.05, 0.1) is 7.11 Å². The van der Waals surface area contributed by atoms with Crippen molar-refractivity contribution in [1.29, 1.82) is 0 Å². The van der Waals surface area contributed by atoms with E-state index in [1.165, 1.54) is 19.2 Å². The van der Waals surface area contributed by atoms with Gasteiger partial charge in [-0.2, -0.15) is 11.8 Å². The van der Waals surface area contributed by atoms with E-state index in [9.17, 15) is 0 Å². The van der Waals surface area contributed by atoms with Crippen molar-refractivity contribution in [2.24, 2.45) is 0 Å². The first-order chi connectivity index (χ1) is 8.26. The lowest BCUT2D eigenvalue weighted by molar-refractivity contribution is 0.412. The lowest BCUT2D eigenvalue weighted by Crippen LogP contribution is -2.26. The summed E-state index contributed by atoms with van der Waals surface area (Å²) in [4.78, 5) is 8.11. The van der Waals surface area contributed by atoms with Crippen molar-refractivity contribution in [2.75, 3.05) is 18.7 Å². The highest BCUT2D eigenvalue weighted by Gasteiger charge is 2.27. The molecule has 4 nitrogen and oxygen atoms in total. The minimum atomic E-state index is 0.351. The zero-order valence-electron chi connectivity index (χ0n) is 9.94. The Morgan fingerprint density at radius 2 is 2.29 bits per heavy atom. The van der Waals surface area contributed by atoms with Crippen molar-refractivity contribution < 1.29 is 4.74 Å². The molecule has 2 atom stereocenters. The van der Waals surface area contributed by atoms with Gasteiger partial charge in [-0.25, -0.2) is 9.97 Å². The minimum Gasteiger partial charge on any atom is -0.490 e. The summed E-state index contributed by atoms with van der Waals surface area (Å²) in [6.45, 7) is 0. The predicted molar refractivity (Wildman–Crippen MR) is 72.2 cm³/mol. The number of rotatable bonds is 4. The lowest BCUT2D eigenvalue weighted by Gasteiger charge is -2.20. The van der Waals surface area contributed by atoms with Gasteiger partial charge in [-0.1, -0.05) is 18.0 Å². The number of aromatic nitrogens is 2. The van der Waals surface area contributed by atoms with Crippen molar-refractivity contribution in [3.05, 3.63) is 11.5 Å². The van der Waals surface area contributed by atoms with Crippen LogP contribution in [0, 0.1) is 0 Å². The zero-order valence-corrected chi connectivity index (χ0v) is 11.5. The van der Waals surface area contributed by atoms with E-state index in [-0.39, 0.29) is 0 Å². The van der Waals surface area contributed by atoms with Gasteiger partial charge in [-0.05, 0) is 19.1 Å². The fraction of sp³-hybridized carbons (Fsp3) is 0.636. The number of anilines is 1. The second-order valence-corrected chi connectivity index (χ2v) is 5.44. The minimum absolute atomic E-state index is 0.351. The number of halogens is 1. The van der Waals surface area contributed by atoms with Crippen LogP contribution in [-0.2, 0) is 0 Å². The Kier molecular flexibility index (Phi) is 4.34. The van der Waals surface area contributed by atoms with Crippen molar-refractivity contribution >= 4 is 29.2 Å². The first-order valence-corrected chi connectivity index (χ1v) is 7.26. The third-order valence-electron chi connectivity index (χ3n) is 3.04. The molecule has 94 valence electrons. The van der Waals surface area contributed by atoms with Crippen LogP contribution in [0.2, 0.25) is 5.15 Å². The van der Waals surface area contributed by atoms with Crippen LogP contribution >= 0.6 is 23.4 Å². The topological polar surface area (TPSA) is 47.0 Å². The molecule has 1 saturated carbocycles. The van der Waals surface area contributed by atoms with Gasteiger partial charge >= 0.3 is 0 Å². The Hall–Kier alpha value is -0.680. The molecule has 1 heterocycles. The van der Waals surface area contributed by atoms with Gasteiger partial charge in [0.25, 0.3) is 0 Å². The number of methoxy groups -OCH3 is 1. The smallest absolute Gasteiger partial charge is 0.198 e. The molecular formula is C11H16ClN3OS. The van der Waals surface area contributed by atoms with E-state index >= 15 is 0 Å². The largest absolute Gasteiger partial charge is 0.490 e. The molecule has 0 aliphatic heterocycles. The van der Waals surface area contributed by atoms with E-state index < -0.39 is 0 Å². The summed E-state index contributed by atoms with van der Waals surface area (Å²) in [6, 6.07) is 0.435. The number of ether oxygens (including phenoxy) is 1. The average molecular weight is 274 g/mol. The number of nitrogens with one attached hydrogen (secondary N) is 1. The van der Waals surface area contributed by atoms with Crippen LogP contribution in [0.25, 0.3) is 0 Å². The van der Waals surface area contributed by atoms with Crippen LogP contribution in [-0.4, -0.2) is 34.6 Å². The van der Waals surface area contributed by atoms with Gasteiger partial charge in [0, 0.05) is 11.3 Å². The third-order valence-corrected chi connectivity index (χ3v) is 4.48. The lowest BCUT2D eigenvalue weighted by atomic mass is 10.2. The summed E-state index contributed by atoms with van der Waals surface area (Å²) in [5.41, 5.74) is 0. The molecular weight excluding hydrogens is 258 g/mol. The highest BCUT2D eigenvalue weighted by atomic mass is 35.5. The molecule has 6 heteroatoms. The Labute approximate surface area is 111 Å². The molecule has 1 aliphatic rings. The molecule has 2 rings (SSSR count). The number of thioether (sulfide) groups is 1. The maximum absolute atomic E-state index is 5.96. The monoisotopic (exact) mass is 273 g/mol. The molecule has 0 bridgehead atoms. The molecule has 1 aromatic rings. The molecule has 17 heavy (non-hydrogen) atoms. The zero-order chi connectivity index (χ0) is 12.3. The first-order valence-electron chi connectivity index (χ1n) is 5.60. The van der Waals surface area contributed by atoms with Gasteiger partial charge < -0.3 is 10.1 Å². The molecule has 1 N–H and O–H groups in total. The van der Waals surface area contributed by atoms with E-state index in [4.69, 9.17) is 16.3 Å². The average Bonchev–Trinajstić information content (AvgIpc) is 2.77. The van der Waals surface area contributed by atoms with Crippen LogP contribution in [0.4, 0.5) is 5.82 Å². The first kappa shape index (κ1) is 12.8. The van der Waals surface area contributed by atoms with Gasteiger partial charge in [-0.15, -0.1) is 0 Å². The molecule has 0 radical (unpaired) electrons. The van der Waals surface area contributed by atoms with E-state index in [0.29, 0.717) is 28.0 Å². The molecule has 1 aromatic heterocycles. The van der Waals surface area contributed by atoms with Gasteiger partial charge in [0.1, 0.15) is 6.33 Å². The number of hydrogen-bond donors (Lipinski definition) is 1. The summed E-state index contributed by atoms with van der Waals surface area (Å²) in [7, 11) is 1.58. The number of hydrogen-bond acceptors (Lipinski definition) is 5. The quantitative estimate of drug-likeness (QED) is 0.855. The summed E-state index contributed by atoms with van der Waals surface area (Å²) >= 11 is 7.86. The third kappa shape index (κ3) is 2.77. The molecule has 0 spiro atoms. The maximum atomic E-state index is 5.96. The summed E-state index contributed by atoms with van der Waals surface area (Å²) in [6.07, 6.45) is 7.27. The van der Waals surface area contributed by atoms with Crippen LogP contribution in [0.5, 0.6) is 5.75 Å². The fourth-order valence-electron chi connectivity index (χ4n) is 2.18. The molecule has 0 saturated heterocycles. The fourth-order valence-corrected chi connectivity index (χ4v) is 3.33. The van der Waals surface area contributed by atoms with Gasteiger partial charge in [-0.3, -0.25) is 0 Å². The Bertz CT molecular complexity index is 391. The second kappa shape index (κ2) is 5.78. The summed E-state index contributed by atoms with van der Waals surface area (Å²) in [5, 5.41) is 4.40. The van der Waals surface area contributed by atoms with Crippen molar-refractivity contribution in [3.8, 4) is 5.75 Å². The molecule has 2 unspecified atom stereocenters. The van der Waals surface area contributed by atoms with Gasteiger partial charge in [0.15, 0.2) is 16.7 Å². The highest BCUT2D eigenvalue weighted by Crippen LogP contribution is 2.34. The van der Waals surface area contributed by atoms with Crippen LogP contribution < -0.4 is 10.1 Å². The number of nitrogens with zero attached hydrogens (tertiary/aromatic N) is 2. The van der Waals surface area contributed by atoms with Crippen molar-refractivity contribution in [1.82, 2.24) is 9.97 Å². The molecule has 0 aromatic carbocycles. The second-order valence-electron chi connectivity index (χ2n) is 4.00. The van der Waals surface area contributed by atoms with Crippen LogP contribution in [0.15, 0.2) is 6.33 Å². The normalized spacial score (nSPS) is 23.7. The van der Waals surface area contributed by atoms with Crippen LogP contribution in [0.1, 0.15) is 19.3 Å². The molecule has 1 aliphatic carbocycles. The van der Waals surface area contributed by atoms with E-state index in [1.54, 1.807) is 7.11 Å². The molecule has 1 fully saturated rings. The Morgan fingerprint density at radius 1 is 1.47 bits per heavy atom. The standard InChI is InChI=1S/C11H16ClN3OS/c1-16-9-10(12)13-6-14-11(9)15-7-4-3-5-8(7)17-2/h6-8H,3-5H2,1-2H3,(H,13,14,15). The summed E-state index contributed by atoms with van der Waals surface area (Å²) in [5.74, 6) is 1.22. The Morgan fingerprint density at radius 3 is 3.00 bits per heavy atom. The summed E-state index contributed by atoms with van der Waals surface area (Å²) < 4.78 is 5.23. The van der Waals surface area contributed by atoms with E-state index in [1.807, 2.05) is 11.8 Å². The van der Waals surface area contributed by atoms with Gasteiger partial charge in [0.2, 0.25) is 0 Å². The predicted octanol–water partition coefficient (Wildman–Crippen LogP) is 2.83.